The summed E-state index contributed by atoms with van der Waals surface area (Å²) in [6.45, 7) is 5.32. The number of hydrogen-bond acceptors (Lipinski definition) is 5. The highest BCUT2D eigenvalue weighted by Gasteiger charge is 2.48. The fourth-order valence-electron chi connectivity index (χ4n) is 5.64. The van der Waals surface area contributed by atoms with E-state index in [2.05, 4.69) is 53.3 Å². The average Bonchev–Trinajstić information content (AvgIpc) is 3.54. The van der Waals surface area contributed by atoms with Crippen LogP contribution in [0, 0.1) is 24.7 Å². The molecule has 0 saturated carbocycles. The third-order valence-electron chi connectivity index (χ3n) is 7.78. The largest absolute Gasteiger partial charge is 0.391 e. The zero-order valence-corrected chi connectivity index (χ0v) is 24.8. The summed E-state index contributed by atoms with van der Waals surface area (Å²) < 4.78 is 0. The minimum absolute atomic E-state index is 0.0922. The topological polar surface area (TPSA) is 80.8 Å². The van der Waals surface area contributed by atoms with E-state index in [0.29, 0.717) is 26.1 Å². The fourth-order valence-corrected chi connectivity index (χ4v) is 5.64. The lowest BCUT2D eigenvalue weighted by atomic mass is 9.90. The van der Waals surface area contributed by atoms with Crippen molar-refractivity contribution in [2.24, 2.45) is 5.92 Å². The Hall–Kier alpha value is -3.93. The van der Waals surface area contributed by atoms with E-state index >= 15 is 0 Å². The van der Waals surface area contributed by atoms with Gasteiger partial charge in [-0.05, 0) is 75.8 Å². The van der Waals surface area contributed by atoms with E-state index in [9.17, 15) is 9.90 Å². The van der Waals surface area contributed by atoms with Gasteiger partial charge in [-0.1, -0.05) is 59.9 Å². The van der Waals surface area contributed by atoms with Crippen LogP contribution in [0.3, 0.4) is 0 Å². The molecule has 0 spiro atoms. The number of hydrogen-bond donors (Lipinski definition) is 3. The average molecular weight is 565 g/mol. The highest BCUT2D eigenvalue weighted by Crippen LogP contribution is 2.32. The molecule has 0 aliphatic carbocycles. The molecule has 1 aliphatic rings. The molecule has 42 heavy (non-hydrogen) atoms. The molecule has 0 bridgehead atoms. The first-order chi connectivity index (χ1) is 20.3. The lowest BCUT2D eigenvalue weighted by Crippen LogP contribution is -2.49. The Balaban J connectivity index is 1.29. The van der Waals surface area contributed by atoms with Crippen molar-refractivity contribution in [2.75, 3.05) is 27.2 Å². The molecule has 3 aromatic carbocycles. The number of fused-ring (bicyclic) bond motifs is 1. The van der Waals surface area contributed by atoms with Gasteiger partial charge in [-0.3, -0.25) is 9.63 Å². The second-order valence-corrected chi connectivity index (χ2v) is 11.5. The van der Waals surface area contributed by atoms with Gasteiger partial charge in [-0.25, -0.2) is 0 Å². The van der Waals surface area contributed by atoms with Crippen LogP contribution in [-0.2, 0) is 22.6 Å². The Labute approximate surface area is 248 Å². The fraction of sp³-hybridized carbons (Fsp3) is 0.343. The van der Waals surface area contributed by atoms with Crippen molar-refractivity contribution < 1.29 is 14.7 Å². The normalized spacial score (nSPS) is 19.5. The van der Waals surface area contributed by atoms with Gasteiger partial charge in [0.05, 0.1) is 12.6 Å². The van der Waals surface area contributed by atoms with Crippen LogP contribution in [0.1, 0.15) is 34.7 Å². The number of nitrogens with zero attached hydrogens (tertiary/aromatic N) is 2. The maximum Gasteiger partial charge on any atom is 0.240 e. The summed E-state index contributed by atoms with van der Waals surface area (Å²) >= 11 is 0. The highest BCUT2D eigenvalue weighted by atomic mass is 16.7. The molecule has 1 fully saturated rings. The standard InChI is InChI=1S/C35H40N4O3/c1-24-9-11-26(12-10-24)13-14-27-15-17-28(18-16-27)22-39-33(31(23-38(3)4)34(42-39)25(2)40)35(41)36-20-19-29-21-37-32-8-6-5-7-30(29)32/h5-12,15-18,21,25,31,33-34,37,40H,19-20,22-23H2,1-4H3,(H,36,41)/t25-,31+,33+,34+/m1/s1. The monoisotopic (exact) mass is 564 g/mol. The molecule has 3 N–H and O–H groups in total. The first-order valence-corrected chi connectivity index (χ1v) is 14.5. The molecule has 2 heterocycles. The van der Waals surface area contributed by atoms with Crippen LogP contribution in [0.2, 0.25) is 0 Å². The number of aromatic amines is 1. The maximum atomic E-state index is 13.7. The first-order valence-electron chi connectivity index (χ1n) is 14.5. The Bertz CT molecular complexity index is 1550. The molecular formula is C35H40N4O3. The van der Waals surface area contributed by atoms with Crippen LogP contribution in [0.5, 0.6) is 0 Å². The summed E-state index contributed by atoms with van der Waals surface area (Å²) in [6.07, 6.45) is 1.51. The number of aliphatic hydroxyl groups excluding tert-OH is 1. The van der Waals surface area contributed by atoms with Gasteiger partial charge < -0.3 is 20.3 Å². The summed E-state index contributed by atoms with van der Waals surface area (Å²) in [5, 5.41) is 16.7. The molecular weight excluding hydrogens is 524 g/mol. The Morgan fingerprint density at radius 1 is 1.05 bits per heavy atom. The molecule has 0 radical (unpaired) electrons. The molecule has 4 atom stereocenters. The van der Waals surface area contributed by atoms with E-state index in [1.807, 2.05) is 73.7 Å². The first kappa shape index (κ1) is 29.6. The quantitative estimate of drug-likeness (QED) is 0.265. The Morgan fingerprint density at radius 2 is 1.71 bits per heavy atom. The number of rotatable bonds is 9. The number of aromatic nitrogens is 1. The number of para-hydroxylation sites is 1. The summed E-state index contributed by atoms with van der Waals surface area (Å²) in [7, 11) is 3.95. The van der Waals surface area contributed by atoms with Gasteiger partial charge in [0.15, 0.2) is 0 Å². The second kappa shape index (κ2) is 13.4. The Kier molecular flexibility index (Phi) is 9.41. The van der Waals surface area contributed by atoms with Gasteiger partial charge in [0.1, 0.15) is 12.1 Å². The Morgan fingerprint density at radius 3 is 2.38 bits per heavy atom. The van der Waals surface area contributed by atoms with Crippen LogP contribution in [-0.4, -0.2) is 71.4 Å². The number of amides is 1. The van der Waals surface area contributed by atoms with Crippen molar-refractivity contribution in [3.05, 3.63) is 107 Å². The lowest BCUT2D eigenvalue weighted by molar-refractivity contribution is -0.192. The van der Waals surface area contributed by atoms with Crippen LogP contribution >= 0.6 is 0 Å². The van der Waals surface area contributed by atoms with Gasteiger partial charge in [0, 0.05) is 47.2 Å². The van der Waals surface area contributed by atoms with Crippen LogP contribution in [0.25, 0.3) is 10.9 Å². The van der Waals surface area contributed by atoms with E-state index < -0.39 is 18.2 Å². The third-order valence-corrected chi connectivity index (χ3v) is 7.78. The number of carbonyl (C=O) groups is 1. The number of aliphatic hydroxyl groups is 1. The molecule has 1 aliphatic heterocycles. The van der Waals surface area contributed by atoms with Gasteiger partial charge in [-0.2, -0.15) is 5.06 Å². The highest BCUT2D eigenvalue weighted by molar-refractivity contribution is 5.84. The molecule has 5 rings (SSSR count). The van der Waals surface area contributed by atoms with E-state index in [0.717, 1.165) is 22.2 Å². The molecule has 1 saturated heterocycles. The molecule has 218 valence electrons. The predicted molar refractivity (Wildman–Crippen MR) is 167 cm³/mol. The maximum absolute atomic E-state index is 13.7. The molecule has 7 nitrogen and oxygen atoms in total. The lowest BCUT2D eigenvalue weighted by Gasteiger charge is -2.27. The van der Waals surface area contributed by atoms with E-state index in [1.54, 1.807) is 12.0 Å². The zero-order chi connectivity index (χ0) is 29.6. The molecule has 1 aromatic heterocycles. The molecule has 4 aromatic rings. The smallest absolute Gasteiger partial charge is 0.240 e. The van der Waals surface area contributed by atoms with Crippen molar-refractivity contribution in [3.63, 3.8) is 0 Å². The molecule has 0 unspecified atom stereocenters. The number of H-pyrrole nitrogens is 1. The van der Waals surface area contributed by atoms with Crippen molar-refractivity contribution in [1.29, 1.82) is 0 Å². The van der Waals surface area contributed by atoms with Crippen molar-refractivity contribution in [3.8, 4) is 11.8 Å². The van der Waals surface area contributed by atoms with Gasteiger partial charge in [0.25, 0.3) is 0 Å². The van der Waals surface area contributed by atoms with Gasteiger partial charge in [0.2, 0.25) is 5.91 Å². The molecule has 7 heteroatoms. The summed E-state index contributed by atoms with van der Waals surface area (Å²) in [5.41, 5.74) is 6.36. The van der Waals surface area contributed by atoms with E-state index in [1.165, 1.54) is 16.5 Å². The predicted octanol–water partition coefficient (Wildman–Crippen LogP) is 4.28. The molecule has 1 amide bonds. The van der Waals surface area contributed by atoms with Crippen molar-refractivity contribution >= 4 is 16.8 Å². The van der Waals surface area contributed by atoms with Gasteiger partial charge >= 0.3 is 0 Å². The van der Waals surface area contributed by atoms with E-state index in [4.69, 9.17) is 4.84 Å². The van der Waals surface area contributed by atoms with Crippen LogP contribution < -0.4 is 5.32 Å². The number of hydroxylamine groups is 2. The van der Waals surface area contributed by atoms with Crippen LogP contribution in [0.15, 0.2) is 79.0 Å². The number of benzene rings is 3. The minimum atomic E-state index is -0.721. The summed E-state index contributed by atoms with van der Waals surface area (Å²) in [5.74, 6) is 6.14. The number of carbonyl (C=O) groups excluding carboxylic acids is 1. The van der Waals surface area contributed by atoms with Gasteiger partial charge in [-0.15, -0.1) is 0 Å². The van der Waals surface area contributed by atoms with Crippen LogP contribution in [0.4, 0.5) is 0 Å². The summed E-state index contributed by atoms with van der Waals surface area (Å²) in [6, 6.07) is 23.8. The minimum Gasteiger partial charge on any atom is -0.391 e. The van der Waals surface area contributed by atoms with Crippen molar-refractivity contribution in [1.82, 2.24) is 20.3 Å². The number of aryl methyl sites for hydroxylation is 1. The number of nitrogens with one attached hydrogen (secondary N) is 2. The summed E-state index contributed by atoms with van der Waals surface area (Å²) in [4.78, 5) is 25.4. The zero-order valence-electron chi connectivity index (χ0n) is 24.8. The SMILES string of the molecule is Cc1ccc(C#Cc2ccc(CN3O[C@@H]([C@@H](C)O)[C@@H](CN(C)C)[C@H]3C(=O)NCCc3c[nH]c4ccccc34)cc2)cc1. The van der Waals surface area contributed by atoms with E-state index in [-0.39, 0.29) is 11.8 Å². The third kappa shape index (κ3) is 7.10. The van der Waals surface area contributed by atoms with Crippen molar-refractivity contribution in [2.45, 2.75) is 45.1 Å². The second-order valence-electron chi connectivity index (χ2n) is 11.5.